The molecule has 1 amide bonds. The Morgan fingerprint density at radius 2 is 1.83 bits per heavy atom. The van der Waals surface area contributed by atoms with Crippen LogP contribution in [0, 0.1) is 27.7 Å². The Balaban J connectivity index is 2.27. The zero-order valence-corrected chi connectivity index (χ0v) is 11.1. The normalized spacial score (nSPS) is 10.4. The third-order valence-electron chi connectivity index (χ3n) is 3.06. The summed E-state index contributed by atoms with van der Waals surface area (Å²) in [6, 6.07) is 7.73. The van der Waals surface area contributed by atoms with Crippen molar-refractivity contribution in [1.29, 1.82) is 0 Å². The van der Waals surface area contributed by atoms with Crippen LogP contribution in [0.1, 0.15) is 33.0 Å². The lowest BCUT2D eigenvalue weighted by Crippen LogP contribution is -2.13. The third kappa shape index (κ3) is 2.30. The lowest BCUT2D eigenvalue weighted by molar-refractivity contribution is 0.102. The quantitative estimate of drug-likeness (QED) is 0.872. The Hall–Kier alpha value is -2.03. The van der Waals surface area contributed by atoms with Crippen molar-refractivity contribution in [3.63, 3.8) is 0 Å². The molecule has 1 aromatic heterocycles. The first kappa shape index (κ1) is 12.4. The van der Waals surface area contributed by atoms with E-state index in [2.05, 4.69) is 5.32 Å². The second kappa shape index (κ2) is 4.69. The minimum Gasteiger partial charge on any atom is -0.466 e. The summed E-state index contributed by atoms with van der Waals surface area (Å²) in [5.41, 5.74) is 3.45. The number of carbonyl (C=O) groups is 1. The van der Waals surface area contributed by atoms with Gasteiger partial charge in [0.25, 0.3) is 5.91 Å². The fraction of sp³-hybridized carbons (Fsp3) is 0.267. The molecule has 3 nitrogen and oxygen atoms in total. The molecule has 0 bridgehead atoms. The van der Waals surface area contributed by atoms with Gasteiger partial charge in [-0.3, -0.25) is 4.79 Å². The van der Waals surface area contributed by atoms with Crippen LogP contribution in [-0.2, 0) is 0 Å². The number of aryl methyl sites for hydroxylation is 3. The van der Waals surface area contributed by atoms with Crippen LogP contribution in [0.15, 0.2) is 28.7 Å². The molecule has 0 aliphatic carbocycles. The molecule has 2 aromatic rings. The lowest BCUT2D eigenvalue weighted by atomic mass is 10.1. The largest absolute Gasteiger partial charge is 0.466 e. The predicted octanol–water partition coefficient (Wildman–Crippen LogP) is 3.77. The van der Waals surface area contributed by atoms with Gasteiger partial charge in [0.15, 0.2) is 0 Å². The van der Waals surface area contributed by atoms with Crippen LogP contribution in [0.5, 0.6) is 0 Å². The summed E-state index contributed by atoms with van der Waals surface area (Å²) in [5.74, 6) is 1.34. The molecule has 0 unspecified atom stereocenters. The van der Waals surface area contributed by atoms with E-state index < -0.39 is 0 Å². The summed E-state index contributed by atoms with van der Waals surface area (Å²) in [5, 5.41) is 2.90. The standard InChI is InChI=1S/C15H17NO2/c1-9-6-5-7-13(8-9)16-15(17)14-10(2)11(3)18-12(14)4/h5-8H,1-4H3,(H,16,17). The smallest absolute Gasteiger partial charge is 0.259 e. The molecule has 1 heterocycles. The molecule has 1 aromatic carbocycles. The molecule has 2 rings (SSSR count). The molecule has 0 radical (unpaired) electrons. The zero-order valence-electron chi connectivity index (χ0n) is 11.1. The number of furan rings is 1. The summed E-state index contributed by atoms with van der Waals surface area (Å²) >= 11 is 0. The first-order valence-corrected chi connectivity index (χ1v) is 5.93. The van der Waals surface area contributed by atoms with Crippen molar-refractivity contribution in [1.82, 2.24) is 0 Å². The van der Waals surface area contributed by atoms with E-state index >= 15 is 0 Å². The third-order valence-corrected chi connectivity index (χ3v) is 3.06. The number of hydrogen-bond donors (Lipinski definition) is 1. The maximum atomic E-state index is 12.2. The molecule has 18 heavy (non-hydrogen) atoms. The Labute approximate surface area is 107 Å². The number of nitrogens with one attached hydrogen (secondary N) is 1. The number of amides is 1. The van der Waals surface area contributed by atoms with Crippen molar-refractivity contribution in [3.8, 4) is 0 Å². The van der Waals surface area contributed by atoms with Crippen LogP contribution >= 0.6 is 0 Å². The van der Waals surface area contributed by atoms with Gasteiger partial charge < -0.3 is 9.73 Å². The molecule has 0 spiro atoms. The van der Waals surface area contributed by atoms with E-state index in [0.717, 1.165) is 22.6 Å². The Kier molecular flexibility index (Phi) is 3.24. The maximum absolute atomic E-state index is 12.2. The topological polar surface area (TPSA) is 42.2 Å². The number of rotatable bonds is 2. The van der Waals surface area contributed by atoms with E-state index in [4.69, 9.17) is 4.42 Å². The van der Waals surface area contributed by atoms with E-state index in [1.807, 2.05) is 52.0 Å². The molecule has 3 heteroatoms. The SMILES string of the molecule is Cc1cccc(NC(=O)c2c(C)oc(C)c2C)c1. The molecule has 0 aliphatic rings. The highest BCUT2D eigenvalue weighted by molar-refractivity contribution is 6.06. The zero-order chi connectivity index (χ0) is 13.3. The highest BCUT2D eigenvalue weighted by Gasteiger charge is 2.18. The summed E-state index contributed by atoms with van der Waals surface area (Å²) in [7, 11) is 0. The van der Waals surface area contributed by atoms with E-state index in [-0.39, 0.29) is 5.91 Å². The van der Waals surface area contributed by atoms with Gasteiger partial charge in [-0.05, 0) is 45.4 Å². The second-order valence-corrected chi connectivity index (χ2v) is 4.54. The molecular weight excluding hydrogens is 226 g/mol. The average Bonchev–Trinajstić information content (AvgIpc) is 2.53. The molecule has 0 saturated heterocycles. The van der Waals surface area contributed by atoms with Gasteiger partial charge in [-0.2, -0.15) is 0 Å². The molecule has 0 saturated carbocycles. The van der Waals surface area contributed by atoms with E-state index in [1.54, 1.807) is 0 Å². The number of hydrogen-bond acceptors (Lipinski definition) is 2. The Morgan fingerprint density at radius 1 is 1.11 bits per heavy atom. The van der Waals surface area contributed by atoms with Crippen molar-refractivity contribution in [2.24, 2.45) is 0 Å². The monoisotopic (exact) mass is 243 g/mol. The van der Waals surface area contributed by atoms with Gasteiger partial charge in [0, 0.05) is 11.3 Å². The fourth-order valence-corrected chi connectivity index (χ4v) is 2.04. The van der Waals surface area contributed by atoms with Crippen LogP contribution in [0.2, 0.25) is 0 Å². The Bertz CT molecular complexity index is 597. The first-order valence-electron chi connectivity index (χ1n) is 5.93. The summed E-state index contributed by atoms with van der Waals surface area (Å²) < 4.78 is 5.47. The molecular formula is C15H17NO2. The molecule has 0 fully saturated rings. The number of anilines is 1. The molecule has 0 atom stereocenters. The Morgan fingerprint density at radius 3 is 2.39 bits per heavy atom. The van der Waals surface area contributed by atoms with Crippen LogP contribution in [0.25, 0.3) is 0 Å². The molecule has 0 aliphatic heterocycles. The fourth-order valence-electron chi connectivity index (χ4n) is 2.04. The van der Waals surface area contributed by atoms with Crippen LogP contribution < -0.4 is 5.32 Å². The van der Waals surface area contributed by atoms with Gasteiger partial charge in [0.1, 0.15) is 11.5 Å². The van der Waals surface area contributed by atoms with Gasteiger partial charge in [-0.25, -0.2) is 0 Å². The summed E-state index contributed by atoms with van der Waals surface area (Å²) in [6.07, 6.45) is 0. The summed E-state index contributed by atoms with van der Waals surface area (Å²) in [4.78, 5) is 12.2. The summed E-state index contributed by atoms with van der Waals surface area (Å²) in [6.45, 7) is 7.57. The number of benzene rings is 1. The van der Waals surface area contributed by atoms with Crippen molar-refractivity contribution < 1.29 is 9.21 Å². The average molecular weight is 243 g/mol. The molecule has 94 valence electrons. The van der Waals surface area contributed by atoms with Crippen molar-refractivity contribution in [2.75, 3.05) is 5.32 Å². The van der Waals surface area contributed by atoms with Gasteiger partial charge >= 0.3 is 0 Å². The van der Waals surface area contributed by atoms with E-state index in [1.165, 1.54) is 0 Å². The van der Waals surface area contributed by atoms with E-state index in [0.29, 0.717) is 11.3 Å². The van der Waals surface area contributed by atoms with Gasteiger partial charge in [0.05, 0.1) is 5.56 Å². The maximum Gasteiger partial charge on any atom is 0.259 e. The highest BCUT2D eigenvalue weighted by atomic mass is 16.3. The van der Waals surface area contributed by atoms with Gasteiger partial charge in [-0.1, -0.05) is 12.1 Å². The van der Waals surface area contributed by atoms with Gasteiger partial charge in [-0.15, -0.1) is 0 Å². The van der Waals surface area contributed by atoms with Crippen molar-refractivity contribution in [3.05, 3.63) is 52.5 Å². The second-order valence-electron chi connectivity index (χ2n) is 4.54. The van der Waals surface area contributed by atoms with Gasteiger partial charge in [0.2, 0.25) is 0 Å². The molecule has 1 N–H and O–H groups in total. The number of carbonyl (C=O) groups excluding carboxylic acids is 1. The first-order chi connectivity index (χ1) is 8.49. The highest BCUT2D eigenvalue weighted by Crippen LogP contribution is 2.22. The van der Waals surface area contributed by atoms with Crippen LogP contribution in [0.4, 0.5) is 5.69 Å². The minimum absolute atomic E-state index is 0.118. The minimum atomic E-state index is -0.118. The van der Waals surface area contributed by atoms with E-state index in [9.17, 15) is 4.79 Å². The van der Waals surface area contributed by atoms with Crippen molar-refractivity contribution in [2.45, 2.75) is 27.7 Å². The lowest BCUT2D eigenvalue weighted by Gasteiger charge is -2.06. The van der Waals surface area contributed by atoms with Crippen molar-refractivity contribution >= 4 is 11.6 Å². The van der Waals surface area contributed by atoms with Crippen LogP contribution in [0.3, 0.4) is 0 Å². The predicted molar refractivity (Wildman–Crippen MR) is 72.1 cm³/mol. The van der Waals surface area contributed by atoms with Crippen LogP contribution in [-0.4, -0.2) is 5.91 Å².